The fraction of sp³-hybridized carbons (Fsp3) is 0.333. The van der Waals surface area contributed by atoms with Gasteiger partial charge in [0.25, 0.3) is 0 Å². The van der Waals surface area contributed by atoms with E-state index in [1.807, 2.05) is 30.1 Å². The number of likely N-dealkylation sites (N-methyl/N-ethyl adjacent to an activating group) is 1. The molecule has 1 amide bonds. The molecule has 1 aliphatic heterocycles. The van der Waals surface area contributed by atoms with Gasteiger partial charge in [0.15, 0.2) is 5.13 Å². The topological polar surface area (TPSA) is 62.5 Å². The lowest BCUT2D eigenvalue weighted by Gasteiger charge is -2.23. The quantitative estimate of drug-likeness (QED) is 0.895. The van der Waals surface area contributed by atoms with Crippen LogP contribution < -0.4 is 10.6 Å². The number of nitrogens with zero attached hydrogens (tertiary/aromatic N) is 3. The van der Waals surface area contributed by atoms with Crippen molar-refractivity contribution < 1.29 is 4.79 Å². The van der Waals surface area contributed by atoms with Crippen molar-refractivity contribution in [1.82, 2.24) is 9.88 Å². The molecule has 1 fully saturated rings. The van der Waals surface area contributed by atoms with Crippen molar-refractivity contribution in [2.75, 3.05) is 24.2 Å². The molecule has 3 rings (SSSR count). The maximum Gasteiger partial charge on any atom is 0.244 e. The van der Waals surface area contributed by atoms with Crippen LogP contribution in [0.5, 0.6) is 0 Å². The van der Waals surface area contributed by atoms with Crippen LogP contribution in [0.4, 0.5) is 10.8 Å². The van der Waals surface area contributed by atoms with Crippen LogP contribution in [0.1, 0.15) is 11.3 Å². The number of thiazole rings is 1. The molecule has 5 nitrogen and oxygen atoms in total. The van der Waals surface area contributed by atoms with E-state index >= 15 is 0 Å². The Morgan fingerprint density at radius 2 is 2.22 bits per heavy atom. The van der Waals surface area contributed by atoms with Crippen molar-refractivity contribution in [1.29, 1.82) is 0 Å². The SMILES string of the molecule is CN(Cc1cnc(N)s1)C1CCN(c2ccccc2Cl)C1=O.Cl. The predicted molar refractivity (Wildman–Crippen MR) is 97.5 cm³/mol. The molecule has 23 heavy (non-hydrogen) atoms. The second-order valence-corrected chi connectivity index (χ2v) is 6.88. The highest BCUT2D eigenvalue weighted by Gasteiger charge is 2.36. The average Bonchev–Trinajstić information content (AvgIpc) is 3.06. The van der Waals surface area contributed by atoms with E-state index in [1.165, 1.54) is 11.3 Å². The van der Waals surface area contributed by atoms with E-state index in [9.17, 15) is 4.79 Å². The summed E-state index contributed by atoms with van der Waals surface area (Å²) < 4.78 is 0. The zero-order valence-electron chi connectivity index (χ0n) is 12.6. The number of hydrogen-bond acceptors (Lipinski definition) is 5. The van der Waals surface area contributed by atoms with Gasteiger partial charge in [-0.25, -0.2) is 4.98 Å². The summed E-state index contributed by atoms with van der Waals surface area (Å²) in [6.07, 6.45) is 2.55. The molecule has 1 saturated heterocycles. The van der Waals surface area contributed by atoms with Crippen LogP contribution >= 0.6 is 35.3 Å². The number of amides is 1. The molecule has 2 N–H and O–H groups in total. The molecule has 1 unspecified atom stereocenters. The Kier molecular flexibility index (Phi) is 5.86. The van der Waals surface area contributed by atoms with Crippen LogP contribution in [0.25, 0.3) is 0 Å². The summed E-state index contributed by atoms with van der Waals surface area (Å²) in [5, 5.41) is 1.16. The molecule has 0 saturated carbocycles. The third-order valence-corrected chi connectivity index (χ3v) is 4.96. The molecule has 0 aliphatic carbocycles. The minimum absolute atomic E-state index is 0. The lowest BCUT2D eigenvalue weighted by atomic mass is 10.2. The third-order valence-electron chi connectivity index (χ3n) is 3.83. The fourth-order valence-corrected chi connectivity index (χ4v) is 3.72. The fourth-order valence-electron chi connectivity index (χ4n) is 2.74. The van der Waals surface area contributed by atoms with Gasteiger partial charge in [-0.1, -0.05) is 23.7 Å². The highest BCUT2D eigenvalue weighted by atomic mass is 35.5. The van der Waals surface area contributed by atoms with Gasteiger partial charge in [-0.05, 0) is 25.6 Å². The molecule has 0 spiro atoms. The molecular weight excluding hydrogens is 355 g/mol. The number of aromatic nitrogens is 1. The summed E-state index contributed by atoms with van der Waals surface area (Å²) >= 11 is 7.66. The summed E-state index contributed by atoms with van der Waals surface area (Å²) in [7, 11) is 1.95. The van der Waals surface area contributed by atoms with E-state index in [0.717, 1.165) is 17.0 Å². The number of benzene rings is 1. The van der Waals surface area contributed by atoms with Crippen LogP contribution in [-0.4, -0.2) is 35.4 Å². The van der Waals surface area contributed by atoms with E-state index in [1.54, 1.807) is 17.2 Å². The number of nitrogen functional groups attached to an aromatic ring is 1. The van der Waals surface area contributed by atoms with Gasteiger partial charge in [-0.15, -0.1) is 23.7 Å². The normalized spacial score (nSPS) is 17.6. The number of nitrogens with two attached hydrogens (primary N) is 1. The van der Waals surface area contributed by atoms with Crippen molar-refractivity contribution >= 4 is 52.1 Å². The van der Waals surface area contributed by atoms with Gasteiger partial charge >= 0.3 is 0 Å². The molecule has 1 aromatic carbocycles. The van der Waals surface area contributed by atoms with Gasteiger partial charge < -0.3 is 10.6 Å². The van der Waals surface area contributed by atoms with E-state index in [4.69, 9.17) is 17.3 Å². The molecule has 2 heterocycles. The van der Waals surface area contributed by atoms with Crippen molar-refractivity contribution in [2.45, 2.75) is 19.0 Å². The smallest absolute Gasteiger partial charge is 0.244 e. The Balaban J connectivity index is 0.00000192. The standard InChI is InChI=1S/C15H17ClN4OS.ClH/c1-19(9-10-8-18-15(17)22-10)13-6-7-20(14(13)21)12-5-3-2-4-11(12)16;/h2-5,8,13H,6-7,9H2,1H3,(H2,17,18);1H. The first-order valence-corrected chi connectivity index (χ1v) is 8.22. The highest BCUT2D eigenvalue weighted by Crippen LogP contribution is 2.30. The number of hydrogen-bond donors (Lipinski definition) is 1. The highest BCUT2D eigenvalue weighted by molar-refractivity contribution is 7.15. The molecule has 1 aliphatic rings. The van der Waals surface area contributed by atoms with Gasteiger partial charge in [0.2, 0.25) is 5.91 Å². The maximum atomic E-state index is 12.7. The largest absolute Gasteiger partial charge is 0.375 e. The van der Waals surface area contributed by atoms with Gasteiger partial charge in [-0.3, -0.25) is 9.69 Å². The van der Waals surface area contributed by atoms with Crippen LogP contribution in [0, 0.1) is 0 Å². The second kappa shape index (κ2) is 7.49. The Hall–Kier alpha value is -1.34. The summed E-state index contributed by atoms with van der Waals surface area (Å²) in [6.45, 7) is 1.35. The molecule has 0 bridgehead atoms. The molecule has 1 atom stereocenters. The summed E-state index contributed by atoms with van der Waals surface area (Å²) in [6, 6.07) is 7.31. The molecule has 1 aromatic heterocycles. The van der Waals surface area contributed by atoms with Crippen molar-refractivity contribution in [3.05, 3.63) is 40.4 Å². The maximum absolute atomic E-state index is 12.7. The zero-order chi connectivity index (χ0) is 15.7. The molecule has 8 heteroatoms. The molecule has 2 aromatic rings. The van der Waals surface area contributed by atoms with Crippen LogP contribution in [0.15, 0.2) is 30.5 Å². The van der Waals surface area contributed by atoms with E-state index < -0.39 is 0 Å². The number of rotatable bonds is 4. The Morgan fingerprint density at radius 1 is 1.48 bits per heavy atom. The van der Waals surface area contributed by atoms with Crippen molar-refractivity contribution in [2.24, 2.45) is 0 Å². The van der Waals surface area contributed by atoms with E-state index in [2.05, 4.69) is 4.98 Å². The zero-order valence-corrected chi connectivity index (χ0v) is 15.0. The van der Waals surface area contributed by atoms with Crippen LogP contribution in [0.3, 0.4) is 0 Å². The first kappa shape index (κ1) is 18.0. The summed E-state index contributed by atoms with van der Waals surface area (Å²) in [4.78, 5) is 21.6. The van der Waals surface area contributed by atoms with Crippen LogP contribution in [-0.2, 0) is 11.3 Å². The Labute approximate surface area is 150 Å². The van der Waals surface area contributed by atoms with E-state index in [0.29, 0.717) is 23.2 Å². The van der Waals surface area contributed by atoms with Gasteiger partial charge in [0.1, 0.15) is 0 Å². The molecule has 0 radical (unpaired) electrons. The van der Waals surface area contributed by atoms with Crippen LogP contribution in [0.2, 0.25) is 5.02 Å². The lowest BCUT2D eigenvalue weighted by molar-refractivity contribution is -0.121. The summed E-state index contributed by atoms with van der Waals surface area (Å²) in [5.41, 5.74) is 6.43. The number of carbonyl (C=O) groups excluding carboxylic acids is 1. The number of anilines is 2. The predicted octanol–water partition coefficient (Wildman–Crippen LogP) is 3.04. The molecule has 124 valence electrons. The minimum atomic E-state index is -0.139. The first-order chi connectivity index (χ1) is 10.6. The first-order valence-electron chi connectivity index (χ1n) is 7.02. The summed E-state index contributed by atoms with van der Waals surface area (Å²) in [5.74, 6) is 0.0908. The monoisotopic (exact) mass is 372 g/mol. The lowest BCUT2D eigenvalue weighted by Crippen LogP contribution is -2.39. The minimum Gasteiger partial charge on any atom is -0.375 e. The Morgan fingerprint density at radius 3 is 2.87 bits per heavy atom. The number of carbonyl (C=O) groups is 1. The van der Waals surface area contributed by atoms with E-state index in [-0.39, 0.29) is 24.4 Å². The second-order valence-electron chi connectivity index (χ2n) is 5.33. The van der Waals surface area contributed by atoms with Crippen molar-refractivity contribution in [3.63, 3.8) is 0 Å². The third kappa shape index (κ3) is 3.77. The van der Waals surface area contributed by atoms with Gasteiger partial charge in [0.05, 0.1) is 16.8 Å². The van der Waals surface area contributed by atoms with Crippen molar-refractivity contribution in [3.8, 4) is 0 Å². The van der Waals surface area contributed by atoms with Gasteiger partial charge in [0, 0.05) is 24.2 Å². The number of para-hydroxylation sites is 1. The molecular formula is C15H18Cl2N4OS. The van der Waals surface area contributed by atoms with Gasteiger partial charge in [-0.2, -0.15) is 0 Å². The number of halogens is 2. The average molecular weight is 373 g/mol. The Bertz CT molecular complexity index is 694.